The molecule has 0 atom stereocenters. The highest BCUT2D eigenvalue weighted by atomic mass is 35.5. The number of likely N-dealkylation sites (tertiary alicyclic amines) is 1. The first-order valence-electron chi connectivity index (χ1n) is 5.68. The fourth-order valence-electron chi connectivity index (χ4n) is 2.01. The lowest BCUT2D eigenvalue weighted by Gasteiger charge is -2.26. The second-order valence-electron chi connectivity index (χ2n) is 4.07. The molecule has 1 saturated heterocycles. The van der Waals surface area contributed by atoms with Crippen LogP contribution in [0.15, 0.2) is 30.3 Å². The van der Waals surface area contributed by atoms with Crippen molar-refractivity contribution in [3.63, 3.8) is 0 Å². The van der Waals surface area contributed by atoms with E-state index in [2.05, 4.69) is 12.1 Å². The second kappa shape index (κ2) is 6.54. The van der Waals surface area contributed by atoms with Crippen molar-refractivity contribution in [2.75, 3.05) is 13.1 Å². The van der Waals surface area contributed by atoms with Crippen molar-refractivity contribution in [3.05, 3.63) is 35.9 Å². The molecule has 2 rings (SSSR count). The SMILES string of the molecule is Cl.O=C1CCCCN1CCc1ccccc1. The van der Waals surface area contributed by atoms with E-state index in [4.69, 9.17) is 0 Å². The fraction of sp³-hybridized carbons (Fsp3) is 0.462. The zero-order valence-electron chi connectivity index (χ0n) is 9.39. The molecule has 3 heteroatoms. The van der Waals surface area contributed by atoms with Crippen LogP contribution in [0.3, 0.4) is 0 Å². The van der Waals surface area contributed by atoms with Crippen molar-refractivity contribution < 1.29 is 4.79 Å². The summed E-state index contributed by atoms with van der Waals surface area (Å²) in [5.74, 6) is 0.331. The lowest BCUT2D eigenvalue weighted by Crippen LogP contribution is -2.36. The number of hydrogen-bond acceptors (Lipinski definition) is 1. The summed E-state index contributed by atoms with van der Waals surface area (Å²) in [7, 11) is 0. The number of piperidine rings is 1. The molecule has 16 heavy (non-hydrogen) atoms. The molecule has 2 nitrogen and oxygen atoms in total. The Morgan fingerprint density at radius 3 is 2.56 bits per heavy atom. The van der Waals surface area contributed by atoms with Crippen molar-refractivity contribution in [2.24, 2.45) is 0 Å². The highest BCUT2D eigenvalue weighted by molar-refractivity contribution is 5.85. The van der Waals surface area contributed by atoms with Crippen LogP contribution in [0.5, 0.6) is 0 Å². The highest BCUT2D eigenvalue weighted by Crippen LogP contribution is 2.11. The van der Waals surface area contributed by atoms with Gasteiger partial charge in [-0.15, -0.1) is 12.4 Å². The van der Waals surface area contributed by atoms with E-state index in [-0.39, 0.29) is 12.4 Å². The summed E-state index contributed by atoms with van der Waals surface area (Å²) in [6.07, 6.45) is 3.96. The van der Waals surface area contributed by atoms with Crippen LogP contribution in [-0.4, -0.2) is 23.9 Å². The van der Waals surface area contributed by atoms with Gasteiger partial charge < -0.3 is 4.90 Å². The lowest BCUT2D eigenvalue weighted by molar-refractivity contribution is -0.133. The molecule has 0 radical (unpaired) electrons. The maximum Gasteiger partial charge on any atom is 0.222 e. The van der Waals surface area contributed by atoms with Gasteiger partial charge in [-0.1, -0.05) is 30.3 Å². The van der Waals surface area contributed by atoms with Gasteiger partial charge >= 0.3 is 0 Å². The number of amides is 1. The zero-order valence-corrected chi connectivity index (χ0v) is 10.2. The monoisotopic (exact) mass is 239 g/mol. The van der Waals surface area contributed by atoms with Crippen molar-refractivity contribution in [2.45, 2.75) is 25.7 Å². The molecule has 1 heterocycles. The molecule has 1 fully saturated rings. The van der Waals surface area contributed by atoms with E-state index in [0.29, 0.717) is 5.91 Å². The number of carbonyl (C=O) groups excluding carboxylic acids is 1. The first kappa shape index (κ1) is 13.0. The van der Waals surface area contributed by atoms with E-state index >= 15 is 0 Å². The highest BCUT2D eigenvalue weighted by Gasteiger charge is 2.16. The summed E-state index contributed by atoms with van der Waals surface area (Å²) in [4.78, 5) is 13.5. The molecular weight excluding hydrogens is 222 g/mol. The van der Waals surface area contributed by atoms with E-state index < -0.39 is 0 Å². The number of nitrogens with zero attached hydrogens (tertiary/aromatic N) is 1. The standard InChI is InChI=1S/C13H17NO.ClH/c15-13-8-4-5-10-14(13)11-9-12-6-2-1-3-7-12;/h1-3,6-7H,4-5,8-11H2;1H. The third-order valence-corrected chi connectivity index (χ3v) is 2.93. The van der Waals surface area contributed by atoms with Crippen LogP contribution in [0.4, 0.5) is 0 Å². The average Bonchev–Trinajstić information content (AvgIpc) is 2.29. The van der Waals surface area contributed by atoms with Crippen LogP contribution in [0.1, 0.15) is 24.8 Å². The van der Waals surface area contributed by atoms with E-state index in [9.17, 15) is 4.79 Å². The molecule has 1 aliphatic rings. The average molecular weight is 240 g/mol. The van der Waals surface area contributed by atoms with Gasteiger partial charge in [-0.25, -0.2) is 0 Å². The first-order chi connectivity index (χ1) is 7.36. The summed E-state index contributed by atoms with van der Waals surface area (Å²) in [5.41, 5.74) is 1.32. The Morgan fingerprint density at radius 2 is 1.88 bits per heavy atom. The van der Waals surface area contributed by atoms with Crippen LogP contribution >= 0.6 is 12.4 Å². The Hall–Kier alpha value is -1.02. The summed E-state index contributed by atoms with van der Waals surface area (Å²) in [6.45, 7) is 1.83. The minimum Gasteiger partial charge on any atom is -0.342 e. The molecule has 0 bridgehead atoms. The van der Waals surface area contributed by atoms with Crippen molar-refractivity contribution in [1.82, 2.24) is 4.90 Å². The van der Waals surface area contributed by atoms with Crippen LogP contribution in [0, 0.1) is 0 Å². The summed E-state index contributed by atoms with van der Waals surface area (Å²) < 4.78 is 0. The first-order valence-corrected chi connectivity index (χ1v) is 5.68. The third-order valence-electron chi connectivity index (χ3n) is 2.93. The number of hydrogen-bond donors (Lipinski definition) is 0. The zero-order chi connectivity index (χ0) is 10.5. The minimum atomic E-state index is 0. The van der Waals surface area contributed by atoms with Gasteiger partial charge in [0.2, 0.25) is 5.91 Å². The Morgan fingerprint density at radius 1 is 1.12 bits per heavy atom. The molecule has 1 amide bonds. The fourth-order valence-corrected chi connectivity index (χ4v) is 2.01. The van der Waals surface area contributed by atoms with E-state index in [1.54, 1.807) is 0 Å². The van der Waals surface area contributed by atoms with Gasteiger partial charge in [0.15, 0.2) is 0 Å². The van der Waals surface area contributed by atoms with Crippen molar-refractivity contribution in [3.8, 4) is 0 Å². The van der Waals surface area contributed by atoms with Gasteiger partial charge in [0, 0.05) is 19.5 Å². The van der Waals surface area contributed by atoms with Crippen LogP contribution in [-0.2, 0) is 11.2 Å². The second-order valence-corrected chi connectivity index (χ2v) is 4.07. The van der Waals surface area contributed by atoms with Gasteiger partial charge in [-0.2, -0.15) is 0 Å². The molecule has 0 aliphatic carbocycles. The maximum atomic E-state index is 11.5. The Labute approximate surface area is 103 Å². The van der Waals surface area contributed by atoms with Gasteiger partial charge in [0.05, 0.1) is 0 Å². The maximum absolute atomic E-state index is 11.5. The Kier molecular flexibility index (Phi) is 5.33. The van der Waals surface area contributed by atoms with Crippen LogP contribution in [0.25, 0.3) is 0 Å². The van der Waals surface area contributed by atoms with E-state index in [1.165, 1.54) is 12.0 Å². The van der Waals surface area contributed by atoms with Crippen LogP contribution in [0.2, 0.25) is 0 Å². The molecule has 88 valence electrons. The lowest BCUT2D eigenvalue weighted by atomic mass is 10.1. The van der Waals surface area contributed by atoms with Crippen molar-refractivity contribution >= 4 is 18.3 Å². The number of rotatable bonds is 3. The van der Waals surface area contributed by atoms with E-state index in [0.717, 1.165) is 32.4 Å². The van der Waals surface area contributed by atoms with Gasteiger partial charge in [-0.3, -0.25) is 4.79 Å². The van der Waals surface area contributed by atoms with E-state index in [1.807, 2.05) is 23.1 Å². The number of carbonyl (C=O) groups is 1. The number of halogens is 1. The number of benzene rings is 1. The van der Waals surface area contributed by atoms with Gasteiger partial charge in [-0.05, 0) is 24.8 Å². The van der Waals surface area contributed by atoms with Gasteiger partial charge in [0.1, 0.15) is 0 Å². The summed E-state index contributed by atoms with van der Waals surface area (Å²) >= 11 is 0. The summed E-state index contributed by atoms with van der Waals surface area (Å²) in [5, 5.41) is 0. The quantitative estimate of drug-likeness (QED) is 0.794. The predicted octanol–water partition coefficient (Wildman–Crippen LogP) is 2.66. The smallest absolute Gasteiger partial charge is 0.222 e. The molecule has 1 aromatic rings. The molecule has 0 spiro atoms. The molecular formula is C13H18ClNO. The topological polar surface area (TPSA) is 20.3 Å². The third kappa shape index (κ3) is 3.53. The molecule has 0 saturated carbocycles. The molecule has 0 N–H and O–H groups in total. The normalized spacial score (nSPS) is 15.8. The molecule has 1 aliphatic heterocycles. The minimum absolute atomic E-state index is 0. The Bertz CT molecular complexity index is 326. The Balaban J connectivity index is 0.00000128. The predicted molar refractivity (Wildman–Crippen MR) is 67.8 cm³/mol. The largest absolute Gasteiger partial charge is 0.342 e. The van der Waals surface area contributed by atoms with Gasteiger partial charge in [0.25, 0.3) is 0 Å². The summed E-state index contributed by atoms with van der Waals surface area (Å²) in [6, 6.07) is 10.4. The molecule has 1 aromatic carbocycles. The molecule has 0 unspecified atom stereocenters. The molecule has 0 aromatic heterocycles. The van der Waals surface area contributed by atoms with Crippen LogP contribution < -0.4 is 0 Å². The van der Waals surface area contributed by atoms with Crippen molar-refractivity contribution in [1.29, 1.82) is 0 Å².